The first-order chi connectivity index (χ1) is 14.5. The number of unbranched alkanes of at least 4 members (excludes halogenated alkanes) is 2. The lowest BCUT2D eigenvalue weighted by molar-refractivity contribution is 0.0819. The molecule has 0 amide bonds. The van der Waals surface area contributed by atoms with Crippen LogP contribution in [0.5, 0.6) is 5.75 Å². The van der Waals surface area contributed by atoms with Gasteiger partial charge in [-0.05, 0) is 53.8 Å². The number of hydrogen-bond donors (Lipinski definition) is 0. The van der Waals surface area contributed by atoms with Gasteiger partial charge in [-0.3, -0.25) is 0 Å². The predicted molar refractivity (Wildman–Crippen MR) is 112 cm³/mol. The fraction of sp³-hybridized carbons (Fsp3) is 0.280. The molecular formula is C25H24F4O. The van der Waals surface area contributed by atoms with Crippen LogP contribution in [0, 0.1) is 11.6 Å². The van der Waals surface area contributed by atoms with Crippen LogP contribution < -0.4 is 4.74 Å². The Hall–Kier alpha value is -2.82. The summed E-state index contributed by atoms with van der Waals surface area (Å²) >= 11 is 0. The second-order valence-corrected chi connectivity index (χ2v) is 7.19. The molecule has 0 fully saturated rings. The molecule has 5 heteroatoms. The quantitative estimate of drug-likeness (QED) is 0.257. The molecular weight excluding hydrogens is 392 g/mol. The smallest absolute Gasteiger partial charge is 0.272 e. The third-order valence-electron chi connectivity index (χ3n) is 4.92. The molecule has 158 valence electrons. The van der Waals surface area contributed by atoms with Gasteiger partial charge in [0.2, 0.25) is 0 Å². The number of ether oxygens (including phenoxy) is 1. The maximum atomic E-state index is 14.7. The van der Waals surface area contributed by atoms with Crippen LogP contribution in [0.15, 0.2) is 60.7 Å². The molecule has 0 saturated heterocycles. The number of halogens is 4. The zero-order valence-electron chi connectivity index (χ0n) is 16.8. The zero-order chi connectivity index (χ0) is 21.5. The van der Waals surface area contributed by atoms with E-state index in [9.17, 15) is 17.6 Å². The van der Waals surface area contributed by atoms with Gasteiger partial charge in [0.05, 0.1) is 0 Å². The first kappa shape index (κ1) is 21.9. The lowest BCUT2D eigenvalue weighted by Crippen LogP contribution is -2.06. The van der Waals surface area contributed by atoms with Gasteiger partial charge in [-0.25, -0.2) is 17.6 Å². The van der Waals surface area contributed by atoms with Crippen molar-refractivity contribution in [2.75, 3.05) is 6.61 Å². The number of hydrogen-bond acceptors (Lipinski definition) is 1. The van der Waals surface area contributed by atoms with Crippen LogP contribution in [0.2, 0.25) is 0 Å². The predicted octanol–water partition coefficient (Wildman–Crippen LogP) is 7.68. The minimum atomic E-state index is -2.56. The van der Waals surface area contributed by atoms with Gasteiger partial charge in [0, 0.05) is 11.1 Å². The Balaban J connectivity index is 1.77. The number of alkyl halides is 2. The zero-order valence-corrected chi connectivity index (χ0v) is 16.8. The molecule has 3 aromatic rings. The molecule has 0 atom stereocenters. The fourth-order valence-corrected chi connectivity index (χ4v) is 3.33. The summed E-state index contributed by atoms with van der Waals surface area (Å²) in [6.07, 6.45) is 1.51. The molecule has 0 radical (unpaired) electrons. The van der Waals surface area contributed by atoms with Crippen molar-refractivity contribution >= 4 is 0 Å². The van der Waals surface area contributed by atoms with Crippen molar-refractivity contribution < 1.29 is 22.3 Å². The summed E-state index contributed by atoms with van der Waals surface area (Å²) in [7, 11) is 0. The van der Waals surface area contributed by atoms with E-state index in [2.05, 4.69) is 6.92 Å². The Morgan fingerprint density at radius 3 is 2.03 bits per heavy atom. The summed E-state index contributed by atoms with van der Waals surface area (Å²) in [6, 6.07) is 15.9. The van der Waals surface area contributed by atoms with Gasteiger partial charge in [-0.1, -0.05) is 56.2 Å². The first-order valence-electron chi connectivity index (χ1n) is 10.1. The minimum absolute atomic E-state index is 0.289. The van der Waals surface area contributed by atoms with Crippen molar-refractivity contribution in [3.63, 3.8) is 0 Å². The van der Waals surface area contributed by atoms with E-state index < -0.39 is 18.8 Å². The lowest BCUT2D eigenvalue weighted by atomic mass is 9.97. The fourth-order valence-electron chi connectivity index (χ4n) is 3.33. The number of aryl methyl sites for hydroxylation is 1. The van der Waals surface area contributed by atoms with Gasteiger partial charge in [-0.15, -0.1) is 0 Å². The van der Waals surface area contributed by atoms with Crippen LogP contribution in [0.1, 0.15) is 31.7 Å². The van der Waals surface area contributed by atoms with Crippen LogP contribution in [0.3, 0.4) is 0 Å². The van der Waals surface area contributed by atoms with Crippen LogP contribution in [0.4, 0.5) is 17.6 Å². The summed E-state index contributed by atoms with van der Waals surface area (Å²) < 4.78 is 58.7. The van der Waals surface area contributed by atoms with Crippen LogP contribution in [-0.4, -0.2) is 13.0 Å². The molecule has 0 N–H and O–H groups in total. The third-order valence-corrected chi connectivity index (χ3v) is 4.92. The minimum Gasteiger partial charge on any atom is -0.488 e. The second-order valence-electron chi connectivity index (χ2n) is 7.19. The molecule has 0 spiro atoms. The molecule has 0 aliphatic heterocycles. The van der Waals surface area contributed by atoms with Crippen molar-refractivity contribution in [2.45, 2.75) is 39.0 Å². The second kappa shape index (κ2) is 10.3. The largest absolute Gasteiger partial charge is 0.488 e. The monoisotopic (exact) mass is 416 g/mol. The van der Waals surface area contributed by atoms with Gasteiger partial charge in [-0.2, -0.15) is 0 Å². The van der Waals surface area contributed by atoms with Crippen LogP contribution in [-0.2, 0) is 6.42 Å². The van der Waals surface area contributed by atoms with E-state index in [0.29, 0.717) is 22.3 Å². The molecule has 0 aromatic heterocycles. The van der Waals surface area contributed by atoms with Crippen molar-refractivity contribution in [1.82, 2.24) is 0 Å². The topological polar surface area (TPSA) is 9.23 Å². The summed E-state index contributed by atoms with van der Waals surface area (Å²) in [4.78, 5) is 0. The lowest BCUT2D eigenvalue weighted by Gasteiger charge is -2.10. The first-order valence-corrected chi connectivity index (χ1v) is 10.1. The molecule has 0 aliphatic rings. The Kier molecular flexibility index (Phi) is 7.50. The van der Waals surface area contributed by atoms with Gasteiger partial charge in [0.15, 0.2) is 0 Å². The van der Waals surface area contributed by atoms with Crippen LogP contribution >= 0.6 is 0 Å². The Morgan fingerprint density at radius 2 is 1.40 bits per heavy atom. The number of rotatable bonds is 9. The van der Waals surface area contributed by atoms with E-state index in [1.54, 1.807) is 30.3 Å². The molecule has 0 bridgehead atoms. The molecule has 3 aromatic carbocycles. The normalized spacial score (nSPS) is 11.1. The highest BCUT2D eigenvalue weighted by Gasteiger charge is 2.12. The van der Waals surface area contributed by atoms with E-state index in [4.69, 9.17) is 4.74 Å². The summed E-state index contributed by atoms with van der Waals surface area (Å²) in [6.45, 7) is 1.43. The molecule has 0 aliphatic carbocycles. The average molecular weight is 416 g/mol. The molecule has 0 unspecified atom stereocenters. The molecule has 0 heterocycles. The average Bonchev–Trinajstić information content (AvgIpc) is 2.73. The van der Waals surface area contributed by atoms with E-state index in [0.717, 1.165) is 31.2 Å². The maximum Gasteiger partial charge on any atom is 0.272 e. The van der Waals surface area contributed by atoms with Gasteiger partial charge < -0.3 is 4.74 Å². The van der Waals surface area contributed by atoms with Gasteiger partial charge >= 0.3 is 0 Å². The molecule has 3 rings (SSSR count). The molecule has 0 saturated carbocycles. The third kappa shape index (κ3) is 5.62. The van der Waals surface area contributed by atoms with E-state index in [-0.39, 0.29) is 11.6 Å². The van der Waals surface area contributed by atoms with Crippen molar-refractivity contribution in [3.8, 4) is 28.0 Å². The van der Waals surface area contributed by atoms with E-state index >= 15 is 0 Å². The molecule has 30 heavy (non-hydrogen) atoms. The Bertz CT molecular complexity index is 967. The highest BCUT2D eigenvalue weighted by molar-refractivity contribution is 5.71. The van der Waals surface area contributed by atoms with E-state index in [1.165, 1.54) is 24.3 Å². The maximum absolute atomic E-state index is 14.7. The standard InChI is InChI=1S/C25H24F4O/c1-2-3-4-5-17-6-12-22(23(26)14-17)19-9-13-21(24(27)15-19)18-7-10-20(11-8-18)30-16-25(28)29/h6-15,25H,2-5,16H2,1H3. The summed E-state index contributed by atoms with van der Waals surface area (Å²) in [5.74, 6) is -0.561. The highest BCUT2D eigenvalue weighted by Crippen LogP contribution is 2.31. The van der Waals surface area contributed by atoms with Crippen molar-refractivity contribution in [3.05, 3.63) is 77.9 Å². The Morgan fingerprint density at radius 1 is 0.767 bits per heavy atom. The summed E-state index contributed by atoms with van der Waals surface area (Å²) in [5, 5.41) is 0. The SMILES string of the molecule is CCCCCc1ccc(-c2ccc(-c3ccc(OCC(F)F)cc3)c(F)c2)c(F)c1. The van der Waals surface area contributed by atoms with Gasteiger partial charge in [0.1, 0.15) is 24.0 Å². The number of benzene rings is 3. The van der Waals surface area contributed by atoms with Crippen molar-refractivity contribution in [2.24, 2.45) is 0 Å². The van der Waals surface area contributed by atoms with Gasteiger partial charge in [0.25, 0.3) is 6.43 Å². The summed E-state index contributed by atoms with van der Waals surface area (Å²) in [5.41, 5.74) is 2.68. The highest BCUT2D eigenvalue weighted by atomic mass is 19.3. The van der Waals surface area contributed by atoms with Crippen molar-refractivity contribution in [1.29, 1.82) is 0 Å². The Labute approximate surface area is 174 Å². The van der Waals surface area contributed by atoms with Crippen LogP contribution in [0.25, 0.3) is 22.3 Å². The van der Waals surface area contributed by atoms with E-state index in [1.807, 2.05) is 6.07 Å². The molecule has 1 nitrogen and oxygen atoms in total.